The van der Waals surface area contributed by atoms with Gasteiger partial charge >= 0.3 is 6.36 Å². The predicted molar refractivity (Wildman–Crippen MR) is 70.3 cm³/mol. The van der Waals surface area contributed by atoms with Crippen molar-refractivity contribution in [2.24, 2.45) is 5.41 Å². The number of hydrogen-bond donors (Lipinski definition) is 2. The van der Waals surface area contributed by atoms with Crippen molar-refractivity contribution in [3.05, 3.63) is 29.6 Å². The lowest BCUT2D eigenvalue weighted by molar-refractivity contribution is -0.275. The van der Waals surface area contributed by atoms with Crippen LogP contribution >= 0.6 is 0 Å². The van der Waals surface area contributed by atoms with Crippen molar-refractivity contribution in [1.29, 1.82) is 0 Å². The highest BCUT2D eigenvalue weighted by Gasteiger charge is 2.32. The highest BCUT2D eigenvalue weighted by atomic mass is 19.4. The van der Waals surface area contributed by atoms with E-state index in [9.17, 15) is 17.6 Å². The summed E-state index contributed by atoms with van der Waals surface area (Å²) in [5.74, 6) is -1.34. The van der Waals surface area contributed by atoms with E-state index in [1.54, 1.807) is 0 Å². The Morgan fingerprint density at radius 1 is 1.24 bits per heavy atom. The molecule has 0 heterocycles. The molecule has 0 spiro atoms. The highest BCUT2D eigenvalue weighted by molar-refractivity contribution is 5.34. The Morgan fingerprint density at radius 2 is 1.90 bits per heavy atom. The van der Waals surface area contributed by atoms with Crippen LogP contribution in [-0.4, -0.2) is 24.6 Å². The Hall–Kier alpha value is -1.34. The first kappa shape index (κ1) is 17.7. The van der Waals surface area contributed by atoms with E-state index in [2.05, 4.69) is 10.1 Å². The number of rotatable bonds is 7. The molecule has 0 aliphatic carbocycles. The number of halogens is 4. The first-order valence-electron chi connectivity index (χ1n) is 6.49. The average Bonchev–Trinajstić information content (AvgIpc) is 2.29. The molecule has 0 atom stereocenters. The lowest BCUT2D eigenvalue weighted by Gasteiger charge is -2.24. The van der Waals surface area contributed by atoms with Crippen LogP contribution in [0.1, 0.15) is 25.8 Å². The van der Waals surface area contributed by atoms with E-state index >= 15 is 0 Å². The van der Waals surface area contributed by atoms with Gasteiger partial charge in [0.25, 0.3) is 0 Å². The standard InChI is InChI=1S/C14H19F4NO2/c1-13(2,5-6-20)9-19-8-10-3-4-11(15)7-12(10)21-14(16,17)18/h3-4,7,19-20H,5-6,8-9H2,1-2H3. The number of nitrogens with one attached hydrogen (secondary N) is 1. The van der Waals surface area contributed by atoms with Gasteiger partial charge < -0.3 is 15.2 Å². The number of hydrogen-bond acceptors (Lipinski definition) is 3. The highest BCUT2D eigenvalue weighted by Crippen LogP contribution is 2.27. The van der Waals surface area contributed by atoms with Gasteiger partial charge in [-0.3, -0.25) is 0 Å². The summed E-state index contributed by atoms with van der Waals surface area (Å²) < 4.78 is 53.7. The second-order valence-corrected chi connectivity index (χ2v) is 5.54. The van der Waals surface area contributed by atoms with Crippen LogP contribution in [0.3, 0.4) is 0 Å². The predicted octanol–water partition coefficient (Wildman–Crippen LogP) is 3.22. The van der Waals surface area contributed by atoms with Crippen LogP contribution in [-0.2, 0) is 6.54 Å². The van der Waals surface area contributed by atoms with Crippen molar-refractivity contribution in [3.8, 4) is 5.75 Å². The fraction of sp³-hybridized carbons (Fsp3) is 0.571. The molecule has 0 bridgehead atoms. The minimum absolute atomic E-state index is 0.0354. The van der Waals surface area contributed by atoms with Gasteiger partial charge in [0.2, 0.25) is 0 Å². The van der Waals surface area contributed by atoms with E-state index in [4.69, 9.17) is 5.11 Å². The summed E-state index contributed by atoms with van der Waals surface area (Å²) in [5, 5.41) is 11.9. The molecule has 0 aliphatic heterocycles. The molecule has 21 heavy (non-hydrogen) atoms. The van der Waals surface area contributed by atoms with Crippen molar-refractivity contribution in [2.75, 3.05) is 13.2 Å². The SMILES string of the molecule is CC(C)(CCO)CNCc1ccc(F)cc1OC(F)(F)F. The summed E-state index contributed by atoms with van der Waals surface area (Å²) in [4.78, 5) is 0. The third-order valence-electron chi connectivity index (χ3n) is 2.96. The molecule has 0 unspecified atom stereocenters. The van der Waals surface area contributed by atoms with Gasteiger partial charge in [0.05, 0.1) is 0 Å². The third-order valence-corrected chi connectivity index (χ3v) is 2.96. The first-order valence-corrected chi connectivity index (χ1v) is 6.49. The van der Waals surface area contributed by atoms with Crippen LogP contribution in [0, 0.1) is 11.2 Å². The summed E-state index contributed by atoms with van der Waals surface area (Å²) in [6, 6.07) is 3.05. The van der Waals surface area contributed by atoms with Crippen LogP contribution < -0.4 is 10.1 Å². The lowest BCUT2D eigenvalue weighted by atomic mass is 9.90. The Labute approximate surface area is 120 Å². The molecule has 0 saturated carbocycles. The van der Waals surface area contributed by atoms with E-state index in [0.717, 1.165) is 6.07 Å². The van der Waals surface area contributed by atoms with Crippen LogP contribution in [0.5, 0.6) is 5.75 Å². The van der Waals surface area contributed by atoms with Crippen molar-refractivity contribution >= 4 is 0 Å². The van der Waals surface area contributed by atoms with E-state index in [0.29, 0.717) is 19.0 Å². The van der Waals surface area contributed by atoms with Gasteiger partial charge in [-0.2, -0.15) is 0 Å². The molecule has 7 heteroatoms. The zero-order valence-electron chi connectivity index (χ0n) is 11.9. The molecule has 0 radical (unpaired) electrons. The van der Waals surface area contributed by atoms with Crippen molar-refractivity contribution in [1.82, 2.24) is 5.32 Å². The molecule has 1 aromatic carbocycles. The molecule has 0 fully saturated rings. The molecule has 0 aromatic heterocycles. The minimum atomic E-state index is -4.86. The minimum Gasteiger partial charge on any atom is -0.405 e. The second-order valence-electron chi connectivity index (χ2n) is 5.54. The zero-order chi connectivity index (χ0) is 16.1. The van der Waals surface area contributed by atoms with Crippen LogP contribution in [0.4, 0.5) is 17.6 Å². The summed E-state index contributed by atoms with van der Waals surface area (Å²) in [5.41, 5.74) is 0.0216. The van der Waals surface area contributed by atoms with Crippen molar-refractivity contribution in [2.45, 2.75) is 33.2 Å². The smallest absolute Gasteiger partial charge is 0.405 e. The second kappa shape index (κ2) is 7.09. The van der Waals surface area contributed by atoms with E-state index < -0.39 is 17.9 Å². The molecule has 0 aliphatic rings. The maximum absolute atomic E-state index is 13.0. The third kappa shape index (κ3) is 6.77. The Kier molecular flexibility index (Phi) is 5.98. The maximum atomic E-state index is 13.0. The van der Waals surface area contributed by atoms with E-state index in [1.165, 1.54) is 6.07 Å². The normalized spacial score (nSPS) is 12.5. The lowest BCUT2D eigenvalue weighted by Crippen LogP contribution is -2.30. The number of aliphatic hydroxyl groups is 1. The van der Waals surface area contributed by atoms with Crippen molar-refractivity contribution < 1.29 is 27.4 Å². The molecule has 0 amide bonds. The largest absolute Gasteiger partial charge is 0.573 e. The van der Waals surface area contributed by atoms with Gasteiger partial charge in [-0.1, -0.05) is 19.9 Å². The fourth-order valence-corrected chi connectivity index (χ4v) is 1.82. The van der Waals surface area contributed by atoms with Crippen LogP contribution in [0.15, 0.2) is 18.2 Å². The Balaban J connectivity index is 2.70. The molecule has 2 N–H and O–H groups in total. The first-order chi connectivity index (χ1) is 9.63. The van der Waals surface area contributed by atoms with Gasteiger partial charge in [0.15, 0.2) is 0 Å². The zero-order valence-corrected chi connectivity index (χ0v) is 11.9. The molecule has 3 nitrogen and oxygen atoms in total. The molecule has 1 aromatic rings. The number of benzene rings is 1. The number of aliphatic hydroxyl groups excluding tert-OH is 1. The summed E-state index contributed by atoms with van der Waals surface area (Å²) in [6.07, 6.45) is -4.30. The van der Waals surface area contributed by atoms with Gasteiger partial charge in [0.1, 0.15) is 11.6 Å². The summed E-state index contributed by atoms with van der Waals surface area (Å²) >= 11 is 0. The molecular weight excluding hydrogens is 290 g/mol. The van der Waals surface area contributed by atoms with Crippen LogP contribution in [0.25, 0.3) is 0 Å². The molecule has 0 saturated heterocycles. The summed E-state index contributed by atoms with van der Waals surface area (Å²) in [7, 11) is 0. The summed E-state index contributed by atoms with van der Waals surface area (Å²) in [6.45, 7) is 4.49. The van der Waals surface area contributed by atoms with Gasteiger partial charge in [0, 0.05) is 31.3 Å². The van der Waals surface area contributed by atoms with E-state index in [1.807, 2.05) is 13.8 Å². The molecular formula is C14H19F4NO2. The maximum Gasteiger partial charge on any atom is 0.573 e. The monoisotopic (exact) mass is 309 g/mol. The van der Waals surface area contributed by atoms with Gasteiger partial charge in [-0.05, 0) is 17.9 Å². The number of ether oxygens (including phenoxy) is 1. The van der Waals surface area contributed by atoms with Crippen molar-refractivity contribution in [3.63, 3.8) is 0 Å². The Bertz CT molecular complexity index is 461. The van der Waals surface area contributed by atoms with Crippen LogP contribution in [0.2, 0.25) is 0 Å². The Morgan fingerprint density at radius 3 is 2.48 bits per heavy atom. The van der Waals surface area contributed by atoms with E-state index in [-0.39, 0.29) is 24.1 Å². The quantitative estimate of drug-likeness (QED) is 0.760. The molecule has 120 valence electrons. The van der Waals surface area contributed by atoms with Gasteiger partial charge in [-0.15, -0.1) is 13.2 Å². The molecule has 1 rings (SSSR count). The average molecular weight is 309 g/mol. The topological polar surface area (TPSA) is 41.5 Å². The fourth-order valence-electron chi connectivity index (χ4n) is 1.82. The number of alkyl halides is 3. The van der Waals surface area contributed by atoms with Gasteiger partial charge in [-0.25, -0.2) is 4.39 Å².